The second-order valence-corrected chi connectivity index (χ2v) is 10.8. The van der Waals surface area contributed by atoms with E-state index in [1.807, 2.05) is 0 Å². The molecule has 222 valence electrons. The number of anilines is 1. The lowest BCUT2D eigenvalue weighted by molar-refractivity contribution is -0.163. The van der Waals surface area contributed by atoms with Gasteiger partial charge >= 0.3 is 18.0 Å². The van der Waals surface area contributed by atoms with Gasteiger partial charge in [0.1, 0.15) is 5.84 Å². The Balaban J connectivity index is 2.39. The number of nitrogens with two attached hydrogens (primary N) is 2. The highest BCUT2D eigenvalue weighted by Crippen LogP contribution is 2.47. The number of amidine groups is 1. The number of Topliss-reactive ketones (excluding diaryl/α,β-unsaturated/α-hetero) is 1. The number of hydrogen-bond donors (Lipinski definition) is 6. The standard InChI is InChI=1S/C28H32N6O8/c1-15(35)28(24(40)41,33(18-8-6-5-7-9-18)22(38)19(29)14-20(36)37)34-23(39)27(26(2,3)4,32-25(34)42)17-12-10-16(11-13-17)21(30)31/h5-13,19H,14,29H2,1-4H3,(H3,30,31)(H,32,42)(H,36,37)(H,40,41)/t19-,27+,28-/m0/s1. The number of urea groups is 1. The van der Waals surface area contributed by atoms with E-state index < -0.39 is 64.6 Å². The predicted octanol–water partition coefficient (Wildman–Crippen LogP) is 0.969. The number of hydrogen-bond acceptors (Lipinski definition) is 8. The molecule has 1 saturated heterocycles. The Morgan fingerprint density at radius 3 is 2.00 bits per heavy atom. The first-order valence-corrected chi connectivity index (χ1v) is 12.7. The molecular weight excluding hydrogens is 548 g/mol. The number of carboxylic acids is 2. The number of benzene rings is 2. The summed E-state index contributed by atoms with van der Waals surface area (Å²) in [5.41, 5.74) is 5.24. The summed E-state index contributed by atoms with van der Waals surface area (Å²) in [5.74, 6) is -7.62. The number of carbonyl (C=O) groups is 6. The van der Waals surface area contributed by atoms with Crippen molar-refractivity contribution in [2.24, 2.45) is 16.9 Å². The molecule has 0 bridgehead atoms. The van der Waals surface area contributed by atoms with E-state index in [1.165, 1.54) is 54.6 Å². The van der Waals surface area contributed by atoms with Crippen molar-refractivity contribution in [1.82, 2.24) is 10.2 Å². The van der Waals surface area contributed by atoms with Gasteiger partial charge in [0.15, 0.2) is 11.3 Å². The molecule has 0 aliphatic carbocycles. The van der Waals surface area contributed by atoms with Gasteiger partial charge in [0.2, 0.25) is 5.91 Å². The number of nitrogens with zero attached hydrogens (tertiary/aromatic N) is 2. The van der Waals surface area contributed by atoms with Crippen molar-refractivity contribution in [3.8, 4) is 0 Å². The number of nitrogens with one attached hydrogen (secondary N) is 2. The van der Waals surface area contributed by atoms with E-state index in [4.69, 9.17) is 16.9 Å². The number of imide groups is 1. The maximum atomic E-state index is 14.6. The van der Waals surface area contributed by atoms with Gasteiger partial charge < -0.3 is 27.0 Å². The SMILES string of the molecule is CC(=O)[C@@](C(=O)O)(N1C(=O)N[C@@](c2ccc(C(=N)N)cc2)(C(C)(C)C)C1=O)N(C(=O)[C@@H](N)CC(=O)O)c1ccccc1. The van der Waals surface area contributed by atoms with Crippen molar-refractivity contribution >= 4 is 47.1 Å². The molecule has 1 aliphatic rings. The summed E-state index contributed by atoms with van der Waals surface area (Å²) in [6.45, 7) is 5.60. The average Bonchev–Trinajstić information content (AvgIpc) is 3.17. The van der Waals surface area contributed by atoms with Crippen LogP contribution in [0.2, 0.25) is 0 Å². The Kier molecular flexibility index (Phi) is 8.26. The van der Waals surface area contributed by atoms with Crippen molar-refractivity contribution in [3.05, 3.63) is 65.7 Å². The summed E-state index contributed by atoms with van der Waals surface area (Å²) in [4.78, 5) is 80.9. The molecule has 42 heavy (non-hydrogen) atoms. The number of ketones is 1. The Hall–Kier alpha value is -5.11. The van der Waals surface area contributed by atoms with Crippen LogP contribution >= 0.6 is 0 Å². The third-order valence-corrected chi connectivity index (χ3v) is 7.16. The fourth-order valence-electron chi connectivity index (χ4n) is 5.11. The molecule has 1 aliphatic heterocycles. The van der Waals surface area contributed by atoms with E-state index in [2.05, 4.69) is 5.32 Å². The Bertz CT molecular complexity index is 1450. The van der Waals surface area contributed by atoms with Gasteiger partial charge in [-0.15, -0.1) is 0 Å². The molecule has 0 unspecified atom stereocenters. The highest BCUT2D eigenvalue weighted by atomic mass is 16.4. The molecule has 8 N–H and O–H groups in total. The normalized spacial score (nSPS) is 18.9. The molecule has 14 heteroatoms. The number of rotatable bonds is 10. The fraction of sp³-hybridized carbons (Fsp3) is 0.321. The zero-order valence-electron chi connectivity index (χ0n) is 23.4. The minimum absolute atomic E-state index is 0.181. The molecule has 1 heterocycles. The molecule has 4 amide bonds. The van der Waals surface area contributed by atoms with E-state index in [0.717, 1.165) is 6.92 Å². The molecule has 14 nitrogen and oxygen atoms in total. The van der Waals surface area contributed by atoms with Crippen molar-refractivity contribution in [2.45, 2.75) is 51.4 Å². The largest absolute Gasteiger partial charge is 0.481 e. The third-order valence-electron chi connectivity index (χ3n) is 7.16. The van der Waals surface area contributed by atoms with Gasteiger partial charge in [-0.2, -0.15) is 0 Å². The van der Waals surface area contributed by atoms with Gasteiger partial charge in [-0.05, 0) is 30.0 Å². The van der Waals surface area contributed by atoms with Crippen LogP contribution in [0.15, 0.2) is 54.6 Å². The molecule has 3 atom stereocenters. The summed E-state index contributed by atoms with van der Waals surface area (Å²) >= 11 is 0. The topological polar surface area (TPSA) is 237 Å². The lowest BCUT2D eigenvalue weighted by atomic mass is 9.69. The highest BCUT2D eigenvalue weighted by molar-refractivity contribution is 6.24. The zero-order chi connectivity index (χ0) is 31.8. The van der Waals surface area contributed by atoms with Gasteiger partial charge in [-0.25, -0.2) is 14.5 Å². The summed E-state index contributed by atoms with van der Waals surface area (Å²) in [6.07, 6.45) is -0.940. The molecule has 1 fully saturated rings. The lowest BCUT2D eigenvalue weighted by Crippen LogP contribution is -2.74. The minimum atomic E-state index is -3.32. The first-order valence-electron chi connectivity index (χ1n) is 12.7. The van der Waals surface area contributed by atoms with Crippen LogP contribution in [-0.2, 0) is 29.5 Å². The number of aliphatic carboxylic acids is 2. The first-order chi connectivity index (χ1) is 19.4. The van der Waals surface area contributed by atoms with Crippen molar-refractivity contribution < 1.29 is 39.0 Å². The molecule has 0 spiro atoms. The van der Waals surface area contributed by atoms with Gasteiger partial charge in [0, 0.05) is 11.3 Å². The van der Waals surface area contributed by atoms with E-state index >= 15 is 0 Å². The molecule has 0 saturated carbocycles. The maximum absolute atomic E-state index is 14.6. The van der Waals surface area contributed by atoms with E-state index in [1.54, 1.807) is 20.8 Å². The van der Waals surface area contributed by atoms with Crippen LogP contribution in [0.5, 0.6) is 0 Å². The number of carboxylic acid groups (broad SMARTS) is 2. The summed E-state index contributed by atoms with van der Waals surface area (Å²) < 4.78 is 0. The van der Waals surface area contributed by atoms with E-state index in [-0.39, 0.29) is 22.0 Å². The zero-order valence-corrected chi connectivity index (χ0v) is 23.4. The summed E-state index contributed by atoms with van der Waals surface area (Å²) in [6, 6.07) is 9.44. The van der Waals surface area contributed by atoms with Crippen LogP contribution in [0.3, 0.4) is 0 Å². The first kappa shape index (κ1) is 31.4. The number of amides is 4. The Morgan fingerprint density at radius 1 is 1.02 bits per heavy atom. The van der Waals surface area contributed by atoms with Crippen LogP contribution in [0, 0.1) is 10.8 Å². The van der Waals surface area contributed by atoms with Crippen molar-refractivity contribution in [1.29, 1.82) is 5.41 Å². The van der Waals surface area contributed by atoms with Crippen molar-refractivity contribution in [2.75, 3.05) is 4.90 Å². The third kappa shape index (κ3) is 4.85. The molecule has 0 aromatic heterocycles. The summed E-state index contributed by atoms with van der Waals surface area (Å²) in [5, 5.41) is 30.2. The maximum Gasteiger partial charge on any atom is 0.360 e. The fourth-order valence-corrected chi connectivity index (χ4v) is 5.11. The number of carbonyl (C=O) groups excluding carboxylic acids is 4. The molecule has 2 aromatic rings. The second kappa shape index (κ2) is 11.0. The minimum Gasteiger partial charge on any atom is -0.481 e. The van der Waals surface area contributed by atoms with Crippen LogP contribution in [-0.4, -0.2) is 68.2 Å². The van der Waals surface area contributed by atoms with Crippen LogP contribution in [0.25, 0.3) is 0 Å². The number of nitrogen functional groups attached to an aromatic ring is 1. The van der Waals surface area contributed by atoms with Crippen LogP contribution in [0.4, 0.5) is 10.5 Å². The number of para-hydroxylation sites is 1. The quantitative estimate of drug-likeness (QED) is 0.101. The van der Waals surface area contributed by atoms with Gasteiger partial charge in [-0.1, -0.05) is 63.2 Å². The van der Waals surface area contributed by atoms with Gasteiger partial charge in [0.05, 0.1) is 12.5 Å². The van der Waals surface area contributed by atoms with Gasteiger partial charge in [0.25, 0.3) is 11.6 Å². The predicted molar refractivity (Wildman–Crippen MR) is 149 cm³/mol. The Labute approximate surface area is 240 Å². The van der Waals surface area contributed by atoms with E-state index in [0.29, 0.717) is 10.5 Å². The lowest BCUT2D eigenvalue weighted by Gasteiger charge is -2.45. The monoisotopic (exact) mass is 580 g/mol. The Morgan fingerprint density at radius 2 is 1.57 bits per heavy atom. The summed E-state index contributed by atoms with van der Waals surface area (Å²) in [7, 11) is 0. The molecule has 0 radical (unpaired) electrons. The van der Waals surface area contributed by atoms with Crippen molar-refractivity contribution in [3.63, 3.8) is 0 Å². The van der Waals surface area contributed by atoms with Crippen LogP contribution in [0.1, 0.15) is 45.2 Å². The molecule has 3 rings (SSSR count). The molecular formula is C28H32N6O8. The molecule has 2 aromatic carbocycles. The highest BCUT2D eigenvalue weighted by Gasteiger charge is 2.70. The average molecular weight is 581 g/mol. The second-order valence-electron chi connectivity index (χ2n) is 10.8. The smallest absolute Gasteiger partial charge is 0.360 e. The van der Waals surface area contributed by atoms with Crippen LogP contribution < -0.4 is 21.7 Å². The van der Waals surface area contributed by atoms with E-state index in [9.17, 15) is 39.0 Å². The van der Waals surface area contributed by atoms with Gasteiger partial charge in [-0.3, -0.25) is 29.5 Å².